The highest BCUT2D eigenvalue weighted by Gasteiger charge is 2.29. The molecule has 2 aliphatic rings. The minimum absolute atomic E-state index is 0.764. The van der Waals surface area contributed by atoms with Gasteiger partial charge >= 0.3 is 0 Å². The molecule has 1 aromatic heterocycles. The second-order valence-electron chi connectivity index (χ2n) is 8.16. The zero-order chi connectivity index (χ0) is 17.8. The lowest BCUT2D eigenvalue weighted by atomic mass is 9.71. The molecule has 2 fully saturated rings. The van der Waals surface area contributed by atoms with Crippen molar-refractivity contribution in [2.24, 2.45) is 5.92 Å². The minimum atomic E-state index is 0.764. The Hall–Kier alpha value is -1.71. The number of nitrogens with zero attached hydrogens (tertiary/aromatic N) is 2. The molecule has 1 saturated carbocycles. The number of benzene rings is 1. The molecule has 4 rings (SSSR count). The van der Waals surface area contributed by atoms with Gasteiger partial charge < -0.3 is 5.32 Å². The van der Waals surface area contributed by atoms with Crippen LogP contribution in [-0.4, -0.2) is 29.5 Å². The monoisotopic (exact) mass is 349 g/mol. The summed E-state index contributed by atoms with van der Waals surface area (Å²) in [6.07, 6.45) is 5.38. The Labute approximate surface area is 157 Å². The molecule has 1 N–H and O–H groups in total. The van der Waals surface area contributed by atoms with Crippen LogP contribution in [0.1, 0.15) is 54.1 Å². The first-order chi connectivity index (χ1) is 12.8. The van der Waals surface area contributed by atoms with Gasteiger partial charge in [-0.05, 0) is 87.3 Å². The van der Waals surface area contributed by atoms with E-state index in [9.17, 15) is 0 Å². The zero-order valence-corrected chi connectivity index (χ0v) is 16.0. The van der Waals surface area contributed by atoms with Crippen molar-refractivity contribution in [2.45, 2.75) is 51.6 Å². The van der Waals surface area contributed by atoms with Gasteiger partial charge in [0.15, 0.2) is 0 Å². The lowest BCUT2D eigenvalue weighted by Crippen LogP contribution is -2.32. The average Bonchev–Trinajstić information content (AvgIpc) is 3.11. The van der Waals surface area contributed by atoms with Gasteiger partial charge in [0.05, 0.1) is 5.69 Å². The topological polar surface area (TPSA) is 28.2 Å². The maximum atomic E-state index is 4.56. The van der Waals surface area contributed by atoms with Crippen LogP contribution in [0, 0.1) is 12.8 Å². The number of hydrogen-bond donors (Lipinski definition) is 1. The average molecular weight is 350 g/mol. The molecule has 0 spiro atoms. The molecule has 0 unspecified atom stereocenters. The van der Waals surface area contributed by atoms with Gasteiger partial charge in [0.1, 0.15) is 0 Å². The van der Waals surface area contributed by atoms with Gasteiger partial charge in [0, 0.05) is 18.8 Å². The molecule has 2 heterocycles. The van der Waals surface area contributed by atoms with Crippen LogP contribution < -0.4 is 5.32 Å². The molecule has 1 aromatic carbocycles. The molecule has 0 bridgehead atoms. The van der Waals surface area contributed by atoms with Crippen molar-refractivity contribution < 1.29 is 0 Å². The Morgan fingerprint density at radius 1 is 1.04 bits per heavy atom. The van der Waals surface area contributed by atoms with Crippen molar-refractivity contribution in [3.63, 3.8) is 0 Å². The van der Waals surface area contributed by atoms with Crippen LogP contribution in [-0.2, 0) is 13.1 Å². The van der Waals surface area contributed by atoms with Gasteiger partial charge in [-0.1, -0.05) is 30.3 Å². The van der Waals surface area contributed by atoms with Gasteiger partial charge in [-0.3, -0.25) is 9.88 Å². The van der Waals surface area contributed by atoms with Crippen LogP contribution in [0.15, 0.2) is 42.5 Å². The Bertz CT molecular complexity index is 698. The summed E-state index contributed by atoms with van der Waals surface area (Å²) in [5.74, 6) is 1.58. The summed E-state index contributed by atoms with van der Waals surface area (Å²) < 4.78 is 0. The molecule has 0 atom stereocenters. The fraction of sp³-hybridized carbons (Fsp3) is 0.522. The minimum Gasteiger partial charge on any atom is -0.311 e. The Kier molecular flexibility index (Phi) is 5.66. The van der Waals surface area contributed by atoms with E-state index in [4.69, 9.17) is 0 Å². The molecule has 26 heavy (non-hydrogen) atoms. The summed E-state index contributed by atoms with van der Waals surface area (Å²) in [6, 6.07) is 15.7. The van der Waals surface area contributed by atoms with Crippen molar-refractivity contribution in [2.75, 3.05) is 19.6 Å². The van der Waals surface area contributed by atoms with Gasteiger partial charge in [-0.25, -0.2) is 0 Å². The van der Waals surface area contributed by atoms with Gasteiger partial charge in [-0.15, -0.1) is 0 Å². The molecule has 138 valence electrons. The summed E-state index contributed by atoms with van der Waals surface area (Å²) in [5, 5.41) is 3.58. The Morgan fingerprint density at radius 2 is 1.81 bits per heavy atom. The predicted molar refractivity (Wildman–Crippen MR) is 107 cm³/mol. The van der Waals surface area contributed by atoms with E-state index in [1.54, 1.807) is 0 Å². The molecule has 3 heteroatoms. The highest BCUT2D eigenvalue weighted by atomic mass is 15.1. The van der Waals surface area contributed by atoms with Gasteiger partial charge in [0.2, 0.25) is 0 Å². The molecule has 1 aliphatic carbocycles. The maximum absolute atomic E-state index is 4.56. The zero-order valence-electron chi connectivity index (χ0n) is 16.0. The largest absolute Gasteiger partial charge is 0.311 e. The summed E-state index contributed by atoms with van der Waals surface area (Å²) in [5.41, 5.74) is 5.25. The van der Waals surface area contributed by atoms with Crippen molar-refractivity contribution in [3.8, 4) is 0 Å². The first-order valence-corrected chi connectivity index (χ1v) is 10.2. The van der Waals surface area contributed by atoms with Crippen molar-refractivity contribution in [3.05, 3.63) is 65.0 Å². The SMILES string of the molecule is Cc1cccc(CNC[C@H]2C[C@H](c3ccc(CN4CCCC4)cc3)C2)n1. The summed E-state index contributed by atoms with van der Waals surface area (Å²) in [7, 11) is 0. The van der Waals surface area contributed by atoms with Crippen molar-refractivity contribution in [1.29, 1.82) is 0 Å². The van der Waals surface area contributed by atoms with E-state index in [2.05, 4.69) is 64.6 Å². The molecule has 2 aromatic rings. The first kappa shape index (κ1) is 17.7. The van der Waals surface area contributed by atoms with Crippen LogP contribution >= 0.6 is 0 Å². The smallest absolute Gasteiger partial charge is 0.0544 e. The molecular weight excluding hydrogens is 318 g/mol. The van der Waals surface area contributed by atoms with E-state index >= 15 is 0 Å². The standard InChI is InChI=1S/C23H31N3/c1-18-5-4-6-23(25-18)16-24-15-20-13-22(14-20)21-9-7-19(8-10-21)17-26-11-2-3-12-26/h4-10,20,22,24H,2-3,11-17H2,1H3/t20-,22-. The van der Waals surface area contributed by atoms with Crippen LogP contribution in [0.4, 0.5) is 0 Å². The third-order valence-electron chi connectivity index (χ3n) is 5.98. The van der Waals surface area contributed by atoms with Crippen LogP contribution in [0.3, 0.4) is 0 Å². The van der Waals surface area contributed by atoms with Crippen LogP contribution in [0.5, 0.6) is 0 Å². The second kappa shape index (κ2) is 8.32. The van der Waals surface area contributed by atoms with Crippen molar-refractivity contribution in [1.82, 2.24) is 15.2 Å². The van der Waals surface area contributed by atoms with Crippen LogP contribution in [0.2, 0.25) is 0 Å². The number of rotatable bonds is 7. The van der Waals surface area contributed by atoms with Gasteiger partial charge in [-0.2, -0.15) is 0 Å². The maximum Gasteiger partial charge on any atom is 0.0544 e. The first-order valence-electron chi connectivity index (χ1n) is 10.2. The van der Waals surface area contributed by atoms with E-state index in [0.29, 0.717) is 0 Å². The molecule has 1 saturated heterocycles. The predicted octanol–water partition coefficient (Wildman–Crippen LogP) is 4.27. The molecular formula is C23H31N3. The Morgan fingerprint density at radius 3 is 2.54 bits per heavy atom. The lowest BCUT2D eigenvalue weighted by molar-refractivity contribution is 0.253. The number of nitrogens with one attached hydrogen (secondary N) is 1. The normalized spacial score (nSPS) is 23.1. The van der Waals surface area contributed by atoms with E-state index < -0.39 is 0 Å². The highest BCUT2D eigenvalue weighted by Crippen LogP contribution is 2.41. The summed E-state index contributed by atoms with van der Waals surface area (Å²) in [4.78, 5) is 7.13. The fourth-order valence-corrected chi connectivity index (χ4v) is 4.37. The third-order valence-corrected chi connectivity index (χ3v) is 5.98. The number of pyridine rings is 1. The van der Waals surface area contributed by atoms with E-state index in [1.807, 2.05) is 0 Å². The number of hydrogen-bond acceptors (Lipinski definition) is 3. The number of aryl methyl sites for hydroxylation is 1. The van der Waals surface area contributed by atoms with E-state index in [0.717, 1.165) is 42.9 Å². The highest BCUT2D eigenvalue weighted by molar-refractivity contribution is 5.27. The molecule has 1 aliphatic heterocycles. The fourth-order valence-electron chi connectivity index (χ4n) is 4.37. The lowest BCUT2D eigenvalue weighted by Gasteiger charge is -2.36. The Balaban J connectivity index is 1.18. The molecule has 0 radical (unpaired) electrons. The van der Waals surface area contributed by atoms with Gasteiger partial charge in [0.25, 0.3) is 0 Å². The second-order valence-corrected chi connectivity index (χ2v) is 8.16. The van der Waals surface area contributed by atoms with E-state index in [-0.39, 0.29) is 0 Å². The molecule has 3 nitrogen and oxygen atoms in total. The number of aromatic nitrogens is 1. The van der Waals surface area contributed by atoms with E-state index in [1.165, 1.54) is 49.9 Å². The number of likely N-dealkylation sites (tertiary alicyclic amines) is 1. The quantitative estimate of drug-likeness (QED) is 0.809. The van der Waals surface area contributed by atoms with Crippen LogP contribution in [0.25, 0.3) is 0 Å². The molecule has 0 amide bonds. The summed E-state index contributed by atoms with van der Waals surface area (Å²) in [6.45, 7) is 7.72. The summed E-state index contributed by atoms with van der Waals surface area (Å²) >= 11 is 0. The third kappa shape index (κ3) is 4.52. The van der Waals surface area contributed by atoms with Crippen molar-refractivity contribution >= 4 is 0 Å².